The molecule has 0 atom stereocenters. The van der Waals surface area contributed by atoms with Gasteiger partial charge in [0.1, 0.15) is 12.4 Å². The van der Waals surface area contributed by atoms with Crippen molar-refractivity contribution in [2.45, 2.75) is 13.5 Å². The number of ether oxygens (including phenoxy) is 1. The van der Waals surface area contributed by atoms with Gasteiger partial charge in [-0.3, -0.25) is 0 Å². The number of anilines is 1. The Bertz CT molecular complexity index is 369. The Labute approximate surface area is 80.3 Å². The first-order chi connectivity index (χ1) is 6.18. The van der Waals surface area contributed by atoms with Gasteiger partial charge in [-0.25, -0.2) is 19.1 Å². The maximum atomic E-state index is 11.0. The smallest absolute Gasteiger partial charge is 0.426 e. The molecule has 1 aliphatic rings. The number of thiol groups is 1. The number of hydrogen-bond acceptors (Lipinski definition) is 5. The topological polar surface area (TPSA) is 55.3 Å². The number of rotatable bonds is 0. The molecule has 1 aliphatic heterocycles. The van der Waals surface area contributed by atoms with E-state index in [-0.39, 0.29) is 6.61 Å². The highest BCUT2D eigenvalue weighted by Crippen LogP contribution is 2.25. The first kappa shape index (κ1) is 8.31. The van der Waals surface area contributed by atoms with E-state index in [2.05, 4.69) is 22.8 Å². The van der Waals surface area contributed by atoms with Gasteiger partial charge in [-0.05, 0) is 6.92 Å². The summed E-state index contributed by atoms with van der Waals surface area (Å²) in [7, 11) is 0. The van der Waals surface area contributed by atoms with Crippen LogP contribution in [-0.4, -0.2) is 16.1 Å². The van der Waals surface area contributed by atoms with Crippen molar-refractivity contribution in [2.75, 3.05) is 4.31 Å². The Morgan fingerprint density at radius 2 is 2.46 bits per heavy atom. The number of aromatic nitrogens is 2. The van der Waals surface area contributed by atoms with Crippen LogP contribution < -0.4 is 4.31 Å². The maximum Gasteiger partial charge on any atom is 0.426 e. The molecule has 0 radical (unpaired) electrons. The molecule has 0 aromatic carbocycles. The highest BCUT2D eigenvalue weighted by molar-refractivity contribution is 7.82. The number of carbonyl (C=O) groups is 1. The van der Waals surface area contributed by atoms with Crippen LogP contribution in [-0.2, 0) is 11.3 Å². The minimum Gasteiger partial charge on any atom is -0.443 e. The molecule has 0 aliphatic carbocycles. The van der Waals surface area contributed by atoms with Crippen molar-refractivity contribution < 1.29 is 9.53 Å². The predicted molar refractivity (Wildman–Crippen MR) is 48.4 cm³/mol. The first-order valence-electron chi connectivity index (χ1n) is 3.67. The number of hydrogen-bond donors (Lipinski definition) is 1. The quantitative estimate of drug-likeness (QED) is 0.632. The summed E-state index contributed by atoms with van der Waals surface area (Å²) in [5.74, 6) is 1.11. The van der Waals surface area contributed by atoms with Crippen LogP contribution in [0.3, 0.4) is 0 Å². The van der Waals surface area contributed by atoms with Gasteiger partial charge in [-0.2, -0.15) is 0 Å². The molecular weight excluding hydrogens is 190 g/mol. The second-order valence-corrected chi connectivity index (χ2v) is 3.03. The van der Waals surface area contributed by atoms with Crippen molar-refractivity contribution in [3.8, 4) is 0 Å². The predicted octanol–water partition coefficient (Wildman–Crippen LogP) is 1.09. The Morgan fingerprint density at radius 3 is 3.23 bits per heavy atom. The van der Waals surface area contributed by atoms with E-state index in [0.29, 0.717) is 11.6 Å². The molecule has 2 heterocycles. The summed E-state index contributed by atoms with van der Waals surface area (Å²) in [6.07, 6.45) is 1.13. The number of amides is 1. The highest BCUT2D eigenvalue weighted by atomic mass is 32.1. The molecule has 1 amide bonds. The standard InChI is InChI=1S/C7H7N3O2S/c1-4-8-2-5-3-12-7(11)10(13)6(5)9-4/h2,13H,3H2,1H3. The van der Waals surface area contributed by atoms with E-state index in [0.717, 1.165) is 9.87 Å². The molecule has 0 unspecified atom stereocenters. The van der Waals surface area contributed by atoms with Crippen LogP contribution in [0.25, 0.3) is 0 Å². The van der Waals surface area contributed by atoms with E-state index in [9.17, 15) is 4.79 Å². The molecule has 13 heavy (non-hydrogen) atoms. The number of carbonyl (C=O) groups excluding carboxylic acids is 1. The molecule has 0 fully saturated rings. The van der Waals surface area contributed by atoms with E-state index in [4.69, 9.17) is 4.74 Å². The third kappa shape index (κ3) is 1.33. The van der Waals surface area contributed by atoms with E-state index in [1.165, 1.54) is 0 Å². The van der Waals surface area contributed by atoms with Crippen molar-refractivity contribution in [1.82, 2.24) is 9.97 Å². The molecule has 5 nitrogen and oxygen atoms in total. The molecule has 6 heteroatoms. The molecular formula is C7H7N3O2S. The van der Waals surface area contributed by atoms with Gasteiger partial charge in [-0.15, -0.1) is 0 Å². The zero-order valence-corrected chi connectivity index (χ0v) is 7.78. The van der Waals surface area contributed by atoms with Gasteiger partial charge in [0.2, 0.25) is 0 Å². The molecule has 0 bridgehead atoms. The summed E-state index contributed by atoms with van der Waals surface area (Å²) >= 11 is 3.95. The van der Waals surface area contributed by atoms with Crippen molar-refractivity contribution in [3.63, 3.8) is 0 Å². The molecule has 0 saturated carbocycles. The number of cyclic esters (lactones) is 1. The molecule has 68 valence electrons. The second-order valence-electron chi connectivity index (χ2n) is 2.63. The minimum absolute atomic E-state index is 0.214. The fourth-order valence-electron chi connectivity index (χ4n) is 1.06. The van der Waals surface area contributed by atoms with E-state index < -0.39 is 6.09 Å². The summed E-state index contributed by atoms with van der Waals surface area (Å²) < 4.78 is 5.86. The van der Waals surface area contributed by atoms with Gasteiger partial charge >= 0.3 is 6.09 Å². The summed E-state index contributed by atoms with van der Waals surface area (Å²) in [6, 6.07) is 0. The largest absolute Gasteiger partial charge is 0.443 e. The Balaban J connectivity index is 2.51. The SMILES string of the molecule is Cc1ncc2c(n1)N(S)C(=O)OC2. The lowest BCUT2D eigenvalue weighted by Gasteiger charge is -2.22. The lowest BCUT2D eigenvalue weighted by Crippen LogP contribution is -2.28. The molecule has 0 spiro atoms. The molecule has 0 N–H and O–H groups in total. The lowest BCUT2D eigenvalue weighted by molar-refractivity contribution is 0.147. The Hall–Kier alpha value is -1.30. The van der Waals surface area contributed by atoms with Crippen LogP contribution in [0.1, 0.15) is 11.4 Å². The molecule has 1 aromatic heterocycles. The van der Waals surface area contributed by atoms with Crippen molar-refractivity contribution in [2.24, 2.45) is 0 Å². The fraction of sp³-hybridized carbons (Fsp3) is 0.286. The van der Waals surface area contributed by atoms with Crippen molar-refractivity contribution in [3.05, 3.63) is 17.6 Å². The van der Waals surface area contributed by atoms with E-state index in [1.54, 1.807) is 13.1 Å². The number of fused-ring (bicyclic) bond motifs is 1. The first-order valence-corrected chi connectivity index (χ1v) is 4.07. The Kier molecular flexibility index (Phi) is 1.84. The van der Waals surface area contributed by atoms with Gasteiger partial charge in [0, 0.05) is 6.20 Å². The molecule has 0 saturated heterocycles. The number of aryl methyl sites for hydroxylation is 1. The fourth-order valence-corrected chi connectivity index (χ4v) is 1.29. The molecule has 2 rings (SSSR count). The van der Waals surface area contributed by atoms with Crippen LogP contribution in [0.5, 0.6) is 0 Å². The van der Waals surface area contributed by atoms with Crippen molar-refractivity contribution in [1.29, 1.82) is 0 Å². The summed E-state index contributed by atoms with van der Waals surface area (Å²) in [5.41, 5.74) is 0.764. The third-order valence-electron chi connectivity index (χ3n) is 1.69. The monoisotopic (exact) mass is 197 g/mol. The van der Waals surface area contributed by atoms with Crippen molar-refractivity contribution >= 4 is 24.7 Å². The minimum atomic E-state index is -0.506. The van der Waals surface area contributed by atoms with Crippen LogP contribution in [0, 0.1) is 6.92 Å². The van der Waals surface area contributed by atoms with Crippen LogP contribution in [0.2, 0.25) is 0 Å². The van der Waals surface area contributed by atoms with Gasteiger partial charge in [-0.1, -0.05) is 12.8 Å². The van der Waals surface area contributed by atoms with Crippen LogP contribution in [0.4, 0.5) is 10.6 Å². The summed E-state index contributed by atoms with van der Waals surface area (Å²) in [5, 5.41) is 0. The van der Waals surface area contributed by atoms with E-state index >= 15 is 0 Å². The summed E-state index contributed by atoms with van der Waals surface area (Å²) in [4.78, 5) is 19.1. The van der Waals surface area contributed by atoms with Gasteiger partial charge in [0.25, 0.3) is 0 Å². The molecule has 1 aromatic rings. The van der Waals surface area contributed by atoms with Crippen LogP contribution >= 0.6 is 12.8 Å². The average molecular weight is 197 g/mol. The highest BCUT2D eigenvalue weighted by Gasteiger charge is 2.24. The van der Waals surface area contributed by atoms with Crippen LogP contribution in [0.15, 0.2) is 6.20 Å². The number of nitrogens with zero attached hydrogens (tertiary/aromatic N) is 3. The zero-order chi connectivity index (χ0) is 9.42. The van der Waals surface area contributed by atoms with Gasteiger partial charge in [0.05, 0.1) is 5.56 Å². The zero-order valence-electron chi connectivity index (χ0n) is 6.89. The summed E-state index contributed by atoms with van der Waals surface area (Å²) in [6.45, 7) is 1.97. The Morgan fingerprint density at radius 1 is 1.69 bits per heavy atom. The van der Waals surface area contributed by atoms with Gasteiger partial charge < -0.3 is 4.74 Å². The third-order valence-corrected chi connectivity index (χ3v) is 2.04. The van der Waals surface area contributed by atoms with Gasteiger partial charge in [0.15, 0.2) is 5.82 Å². The maximum absolute atomic E-state index is 11.0. The second kappa shape index (κ2) is 2.88. The van der Waals surface area contributed by atoms with E-state index in [1.807, 2.05) is 0 Å². The normalized spacial score (nSPS) is 15.2. The average Bonchev–Trinajstić information content (AvgIpc) is 2.12. The lowest BCUT2D eigenvalue weighted by atomic mass is 10.3.